The second-order valence-electron chi connectivity index (χ2n) is 4.19. The minimum atomic E-state index is -0.636. The van der Waals surface area contributed by atoms with Crippen LogP contribution in [0.5, 0.6) is 0 Å². The van der Waals surface area contributed by atoms with Crippen LogP contribution in [-0.4, -0.2) is 61.6 Å². The van der Waals surface area contributed by atoms with E-state index in [1.165, 1.54) is 4.90 Å². The van der Waals surface area contributed by atoms with Gasteiger partial charge in [-0.2, -0.15) is 5.11 Å². The highest BCUT2D eigenvalue weighted by molar-refractivity contribution is 6.37. The van der Waals surface area contributed by atoms with E-state index in [9.17, 15) is 9.59 Å². The summed E-state index contributed by atoms with van der Waals surface area (Å²) < 4.78 is 10.9. The molecule has 0 aromatic carbocycles. The minimum absolute atomic E-state index is 0.00592. The second-order valence-corrected chi connectivity index (χ2v) is 4.19. The third kappa shape index (κ3) is 2.86. The molecule has 1 unspecified atom stereocenters. The third-order valence-electron chi connectivity index (χ3n) is 2.87. The number of amides is 1. The third-order valence-corrected chi connectivity index (χ3v) is 2.87. The van der Waals surface area contributed by atoms with Gasteiger partial charge in [0.25, 0.3) is 5.91 Å². The van der Waals surface area contributed by atoms with Crippen molar-refractivity contribution in [1.29, 1.82) is 5.53 Å². The fourth-order valence-corrected chi connectivity index (χ4v) is 1.90. The first-order chi connectivity index (χ1) is 8.20. The summed E-state index contributed by atoms with van der Waals surface area (Å²) in [6.45, 7) is 1.86. The highest BCUT2D eigenvalue weighted by Gasteiger charge is 2.36. The summed E-state index contributed by atoms with van der Waals surface area (Å²) in [5.74, 6) is -1.20. The predicted molar refractivity (Wildman–Crippen MR) is 55.7 cm³/mol. The summed E-state index contributed by atoms with van der Waals surface area (Å²) in [5, 5.41) is 2.90. The average molecular weight is 241 g/mol. The molecule has 1 atom stereocenters. The average Bonchev–Trinajstić information content (AvgIpc) is 2.75. The van der Waals surface area contributed by atoms with Crippen molar-refractivity contribution < 1.29 is 19.1 Å². The molecule has 7 heteroatoms. The molecule has 0 saturated carbocycles. The van der Waals surface area contributed by atoms with Crippen LogP contribution in [0.3, 0.4) is 0 Å². The van der Waals surface area contributed by atoms with E-state index in [4.69, 9.17) is 15.0 Å². The van der Waals surface area contributed by atoms with Crippen LogP contribution in [-0.2, 0) is 19.1 Å². The van der Waals surface area contributed by atoms with Gasteiger partial charge in [-0.25, -0.2) is 5.53 Å². The zero-order chi connectivity index (χ0) is 12.3. The van der Waals surface area contributed by atoms with E-state index < -0.39 is 11.7 Å². The lowest BCUT2D eigenvalue weighted by atomic mass is 10.1. The summed E-state index contributed by atoms with van der Waals surface area (Å²) in [5.41, 5.74) is 6.53. The van der Waals surface area contributed by atoms with Crippen molar-refractivity contribution in [3.8, 4) is 0 Å². The molecule has 2 rings (SSSR count). The van der Waals surface area contributed by atoms with Crippen molar-refractivity contribution in [3.63, 3.8) is 0 Å². The fraction of sp³-hybridized carbons (Fsp3) is 0.800. The van der Waals surface area contributed by atoms with Crippen LogP contribution < -0.4 is 0 Å². The van der Waals surface area contributed by atoms with Gasteiger partial charge in [0.15, 0.2) is 0 Å². The highest BCUT2D eigenvalue weighted by Crippen LogP contribution is 2.18. The van der Waals surface area contributed by atoms with Crippen LogP contribution >= 0.6 is 0 Å². The van der Waals surface area contributed by atoms with E-state index in [2.05, 4.69) is 5.11 Å². The lowest BCUT2D eigenvalue weighted by molar-refractivity contribution is -0.156. The number of nitrogens with zero attached hydrogens (tertiary/aromatic N) is 2. The standard InChI is InChI=1S/C10H15N3O4/c11-12-3-9(14)10(15)13-4-8(5-13)17-7-1-2-16-6-7/h7-8,11H,1-6H2. The number of nitrogens with one attached hydrogen (secondary N) is 1. The van der Waals surface area contributed by atoms with E-state index in [1.807, 2.05) is 0 Å². The van der Waals surface area contributed by atoms with Crippen molar-refractivity contribution in [2.75, 3.05) is 32.8 Å². The Morgan fingerprint density at radius 3 is 2.76 bits per heavy atom. The molecule has 2 aliphatic rings. The smallest absolute Gasteiger partial charge is 0.292 e. The zero-order valence-corrected chi connectivity index (χ0v) is 9.42. The van der Waals surface area contributed by atoms with E-state index >= 15 is 0 Å². The quantitative estimate of drug-likeness (QED) is 0.523. The van der Waals surface area contributed by atoms with Crippen LogP contribution in [0.15, 0.2) is 5.11 Å². The number of carbonyl (C=O) groups is 2. The Morgan fingerprint density at radius 1 is 1.41 bits per heavy atom. The number of hydrogen-bond donors (Lipinski definition) is 1. The van der Waals surface area contributed by atoms with Gasteiger partial charge in [-0.3, -0.25) is 9.59 Å². The van der Waals surface area contributed by atoms with Gasteiger partial charge in [-0.15, -0.1) is 0 Å². The Bertz CT molecular complexity index is 322. The van der Waals surface area contributed by atoms with Crippen LogP contribution in [0.1, 0.15) is 6.42 Å². The second kappa shape index (κ2) is 5.33. The Hall–Kier alpha value is -1.34. The monoisotopic (exact) mass is 241 g/mol. The molecule has 2 fully saturated rings. The Balaban J connectivity index is 1.69. The number of ether oxygens (including phenoxy) is 2. The van der Waals surface area contributed by atoms with Crippen LogP contribution in [0.4, 0.5) is 0 Å². The molecule has 7 nitrogen and oxygen atoms in total. The first-order valence-corrected chi connectivity index (χ1v) is 5.59. The first kappa shape index (κ1) is 12.1. The van der Waals surface area contributed by atoms with Crippen LogP contribution in [0.25, 0.3) is 0 Å². The number of ketones is 1. The molecule has 2 saturated heterocycles. The topological polar surface area (TPSA) is 92.0 Å². The summed E-state index contributed by atoms with van der Waals surface area (Å²) in [4.78, 5) is 24.0. The molecule has 2 aliphatic heterocycles. The van der Waals surface area contributed by atoms with Gasteiger partial charge in [0.05, 0.1) is 18.8 Å². The van der Waals surface area contributed by atoms with Crippen LogP contribution in [0.2, 0.25) is 0 Å². The van der Waals surface area contributed by atoms with Gasteiger partial charge in [0.2, 0.25) is 5.78 Å². The van der Waals surface area contributed by atoms with E-state index in [0.29, 0.717) is 19.7 Å². The first-order valence-electron chi connectivity index (χ1n) is 5.59. The molecule has 0 aromatic rings. The van der Waals surface area contributed by atoms with Crippen molar-refractivity contribution in [2.45, 2.75) is 18.6 Å². The SMILES string of the molecule is N=NCC(=O)C(=O)N1CC(OC2CCOC2)C1. The van der Waals surface area contributed by atoms with E-state index in [0.717, 1.165) is 13.0 Å². The van der Waals surface area contributed by atoms with Crippen molar-refractivity contribution in [1.82, 2.24) is 4.90 Å². The maximum absolute atomic E-state index is 11.5. The maximum Gasteiger partial charge on any atom is 0.292 e. The lowest BCUT2D eigenvalue weighted by Crippen LogP contribution is -2.57. The number of likely N-dealkylation sites (tertiary alicyclic amines) is 1. The normalized spacial score (nSPS) is 24.5. The van der Waals surface area contributed by atoms with Crippen molar-refractivity contribution in [2.24, 2.45) is 5.11 Å². The van der Waals surface area contributed by atoms with E-state index in [1.54, 1.807) is 0 Å². The summed E-state index contributed by atoms with van der Waals surface area (Å²) in [7, 11) is 0. The number of carbonyl (C=O) groups excluding carboxylic acids is 2. The minimum Gasteiger partial charge on any atom is -0.379 e. The zero-order valence-electron chi connectivity index (χ0n) is 9.42. The van der Waals surface area contributed by atoms with Gasteiger partial charge in [-0.05, 0) is 6.42 Å². The Kier molecular flexibility index (Phi) is 3.80. The van der Waals surface area contributed by atoms with Gasteiger partial charge in [-0.1, -0.05) is 0 Å². The molecule has 0 aliphatic carbocycles. The molecule has 0 radical (unpaired) electrons. The van der Waals surface area contributed by atoms with Gasteiger partial charge < -0.3 is 14.4 Å². The van der Waals surface area contributed by atoms with Crippen LogP contribution in [0, 0.1) is 5.53 Å². The largest absolute Gasteiger partial charge is 0.379 e. The summed E-state index contributed by atoms with van der Waals surface area (Å²) in [6, 6.07) is 0. The van der Waals surface area contributed by atoms with Gasteiger partial charge in [0.1, 0.15) is 6.54 Å². The number of hydrogen-bond acceptors (Lipinski definition) is 6. The lowest BCUT2D eigenvalue weighted by Gasteiger charge is -2.39. The number of rotatable bonds is 5. The number of Topliss-reactive ketones (excluding diaryl/α,β-unsaturated/α-hetero) is 1. The molecule has 0 bridgehead atoms. The van der Waals surface area contributed by atoms with Gasteiger partial charge >= 0.3 is 0 Å². The molecule has 17 heavy (non-hydrogen) atoms. The van der Waals surface area contributed by atoms with Gasteiger partial charge in [0, 0.05) is 19.7 Å². The molecule has 0 spiro atoms. The molecule has 1 amide bonds. The molecule has 2 heterocycles. The molecular weight excluding hydrogens is 226 g/mol. The maximum atomic E-state index is 11.5. The highest BCUT2D eigenvalue weighted by atomic mass is 16.6. The summed E-state index contributed by atoms with van der Waals surface area (Å²) in [6.07, 6.45) is 1.02. The molecule has 1 N–H and O–H groups in total. The van der Waals surface area contributed by atoms with Crippen molar-refractivity contribution >= 4 is 11.7 Å². The van der Waals surface area contributed by atoms with Crippen molar-refractivity contribution in [3.05, 3.63) is 0 Å². The molecule has 94 valence electrons. The predicted octanol–water partition coefficient (Wildman–Crippen LogP) is -0.397. The fourth-order valence-electron chi connectivity index (χ4n) is 1.90. The Morgan fingerprint density at radius 2 is 2.18 bits per heavy atom. The molecular formula is C10H15N3O4. The van der Waals surface area contributed by atoms with E-state index in [-0.39, 0.29) is 18.8 Å². The Labute approximate surface area is 98.6 Å². The molecule has 0 aromatic heterocycles. The summed E-state index contributed by atoms with van der Waals surface area (Å²) >= 11 is 0.